The Morgan fingerprint density at radius 1 is 1.02 bits per heavy atom. The molecule has 4 N–H and O–H groups in total. The average molecular weight is 631 g/mol. The number of phenolic OH excluding ortho intramolecular Hbond substituents is 1. The van der Waals surface area contributed by atoms with E-state index >= 15 is 0 Å². The molecule has 1 saturated carbocycles. The number of esters is 1. The van der Waals surface area contributed by atoms with E-state index < -0.39 is 62.7 Å². The van der Waals surface area contributed by atoms with Crippen molar-refractivity contribution in [3.8, 4) is 16.9 Å². The molecule has 0 heterocycles. The number of fused-ring (bicyclic) bond motifs is 3. The van der Waals surface area contributed by atoms with Crippen LogP contribution >= 0.6 is 0 Å². The van der Waals surface area contributed by atoms with Gasteiger partial charge in [0, 0.05) is 28.7 Å². The van der Waals surface area contributed by atoms with Gasteiger partial charge in [-0.05, 0) is 73.8 Å². The predicted molar refractivity (Wildman–Crippen MR) is 171 cm³/mol. The number of carbonyl (C=O) groups excluding carboxylic acids is 4. The molecule has 3 aliphatic carbocycles. The molecule has 9 nitrogen and oxygen atoms in total. The van der Waals surface area contributed by atoms with Crippen LogP contribution in [0.4, 0.5) is 0 Å². The molecule has 3 aliphatic rings. The second-order valence-electron chi connectivity index (χ2n) is 13.8. The van der Waals surface area contributed by atoms with Gasteiger partial charge in [-0.25, -0.2) is 0 Å². The summed E-state index contributed by atoms with van der Waals surface area (Å²) in [4.78, 5) is 52.4. The van der Waals surface area contributed by atoms with Gasteiger partial charge in [0.25, 0.3) is 0 Å². The van der Waals surface area contributed by atoms with E-state index in [1.165, 1.54) is 6.07 Å². The smallest absolute Gasteiger partial charge is 0.305 e. The number of aromatic hydroxyl groups is 1. The summed E-state index contributed by atoms with van der Waals surface area (Å²) < 4.78 is 5.00. The third-order valence-electron chi connectivity index (χ3n) is 10.3. The molecule has 46 heavy (non-hydrogen) atoms. The molecule has 2 aromatic carbocycles. The highest BCUT2D eigenvalue weighted by Crippen LogP contribution is 2.65. The molecule has 9 heteroatoms. The van der Waals surface area contributed by atoms with Crippen molar-refractivity contribution in [2.45, 2.75) is 79.2 Å². The lowest BCUT2D eigenvalue weighted by molar-refractivity contribution is -0.178. The van der Waals surface area contributed by atoms with Gasteiger partial charge < -0.3 is 25.2 Å². The van der Waals surface area contributed by atoms with Crippen molar-refractivity contribution in [3.05, 3.63) is 70.0 Å². The predicted octanol–water partition coefficient (Wildman–Crippen LogP) is 5.74. The highest BCUT2D eigenvalue weighted by atomic mass is 16.5. The minimum Gasteiger partial charge on any atom is -0.508 e. The standard InChI is InChI=1S/C37H42O9/c1-7-46-26(40)10-8-9-21-11-13-22(14-12-21)23-15-16-25(39)28-24(23)17-35(5)18-36(6)29(19(2)3)31(41)27(20(4)38)33(43)37(36,45)34(44)30(35)32(28)42/h11-16,19,29,39,42-43,45H,7-10,17-18H2,1-6H3/t29?,35-,36-,37+/m1/s1. The van der Waals surface area contributed by atoms with Crippen LogP contribution in [0.5, 0.6) is 5.75 Å². The second-order valence-corrected chi connectivity index (χ2v) is 13.8. The maximum Gasteiger partial charge on any atom is 0.305 e. The second kappa shape index (κ2) is 11.5. The molecule has 0 saturated heterocycles. The molecule has 4 atom stereocenters. The van der Waals surface area contributed by atoms with E-state index in [0.29, 0.717) is 31.4 Å². The Labute approximate surface area is 268 Å². The van der Waals surface area contributed by atoms with Crippen LogP contribution in [0.3, 0.4) is 0 Å². The molecule has 0 amide bonds. The van der Waals surface area contributed by atoms with Crippen LogP contribution in [-0.2, 0) is 36.8 Å². The molecule has 0 aliphatic heterocycles. The minimum absolute atomic E-state index is 0.0272. The number of Topliss-reactive ketones (excluding diaryl/α,β-unsaturated/α-hetero) is 3. The number of hydrogen-bond donors (Lipinski definition) is 4. The Morgan fingerprint density at radius 2 is 1.67 bits per heavy atom. The number of phenols is 1. The van der Waals surface area contributed by atoms with Crippen LogP contribution in [-0.4, -0.2) is 56.0 Å². The fraction of sp³-hybridized carbons (Fsp3) is 0.459. The SMILES string of the molecule is CCOC(=O)CCCc1ccc(-c2ccc(O)c3c2C[C@]2(C)C[C@]4(C)C(C(C)C)C(=O)C(C(C)=O)=C(O)[C@]4(O)C(=O)C2=C3O)cc1. The molecular weight excluding hydrogens is 588 g/mol. The first-order valence-corrected chi connectivity index (χ1v) is 15.8. The summed E-state index contributed by atoms with van der Waals surface area (Å²) >= 11 is 0. The van der Waals surface area contributed by atoms with E-state index in [2.05, 4.69) is 0 Å². The van der Waals surface area contributed by atoms with Gasteiger partial charge >= 0.3 is 5.97 Å². The largest absolute Gasteiger partial charge is 0.508 e. The summed E-state index contributed by atoms with van der Waals surface area (Å²) in [5.74, 6) is -5.70. The summed E-state index contributed by atoms with van der Waals surface area (Å²) in [5.41, 5.74) is -2.78. The number of aryl methyl sites for hydroxylation is 1. The lowest BCUT2D eigenvalue weighted by Crippen LogP contribution is -2.69. The summed E-state index contributed by atoms with van der Waals surface area (Å²) in [7, 11) is 0. The van der Waals surface area contributed by atoms with Crippen molar-refractivity contribution in [1.82, 2.24) is 0 Å². The first kappa shape index (κ1) is 33.1. The highest BCUT2D eigenvalue weighted by molar-refractivity contribution is 6.24. The minimum atomic E-state index is -2.65. The van der Waals surface area contributed by atoms with E-state index in [-0.39, 0.29) is 35.7 Å². The van der Waals surface area contributed by atoms with Gasteiger partial charge in [0.2, 0.25) is 5.78 Å². The van der Waals surface area contributed by atoms with Crippen molar-refractivity contribution in [2.24, 2.45) is 22.7 Å². The van der Waals surface area contributed by atoms with Gasteiger partial charge in [0.05, 0.1) is 12.2 Å². The number of aliphatic hydroxyl groups excluding tert-OH is 2. The first-order valence-electron chi connectivity index (χ1n) is 15.8. The zero-order valence-corrected chi connectivity index (χ0v) is 27.2. The van der Waals surface area contributed by atoms with Crippen molar-refractivity contribution in [2.75, 3.05) is 6.61 Å². The number of hydrogen-bond acceptors (Lipinski definition) is 9. The van der Waals surface area contributed by atoms with Crippen LogP contribution < -0.4 is 0 Å². The normalized spacial score (nSPS) is 27.3. The van der Waals surface area contributed by atoms with Crippen molar-refractivity contribution >= 4 is 29.1 Å². The van der Waals surface area contributed by atoms with E-state index in [1.807, 2.05) is 24.3 Å². The molecule has 1 fully saturated rings. The number of aliphatic hydroxyl groups is 3. The maximum absolute atomic E-state index is 14.5. The quantitative estimate of drug-likeness (QED) is 0.211. The molecule has 2 aromatic rings. The number of rotatable bonds is 8. The summed E-state index contributed by atoms with van der Waals surface area (Å²) in [5, 5.41) is 46.3. The monoisotopic (exact) mass is 630 g/mol. The van der Waals surface area contributed by atoms with E-state index in [0.717, 1.165) is 23.6 Å². The molecule has 5 rings (SSSR count). The fourth-order valence-electron chi connectivity index (χ4n) is 8.51. The van der Waals surface area contributed by atoms with E-state index in [9.17, 15) is 39.6 Å². The van der Waals surface area contributed by atoms with Crippen LogP contribution in [0.1, 0.15) is 77.5 Å². The van der Waals surface area contributed by atoms with Crippen molar-refractivity contribution < 1.29 is 44.3 Å². The molecule has 0 bridgehead atoms. The van der Waals surface area contributed by atoms with Crippen molar-refractivity contribution in [1.29, 1.82) is 0 Å². The van der Waals surface area contributed by atoms with Crippen LogP contribution in [0.15, 0.2) is 53.3 Å². The Morgan fingerprint density at radius 3 is 2.26 bits per heavy atom. The molecule has 1 unspecified atom stereocenters. The number of ether oxygens (including phenoxy) is 1. The Bertz CT molecular complexity index is 1710. The number of allylic oxidation sites excluding steroid dienone is 1. The van der Waals surface area contributed by atoms with Gasteiger partial charge in [-0.15, -0.1) is 0 Å². The average Bonchev–Trinajstić information content (AvgIpc) is 2.95. The van der Waals surface area contributed by atoms with Gasteiger partial charge in [-0.3, -0.25) is 19.2 Å². The third-order valence-corrected chi connectivity index (χ3v) is 10.3. The van der Waals surface area contributed by atoms with Crippen molar-refractivity contribution in [3.63, 3.8) is 0 Å². The van der Waals surface area contributed by atoms with Gasteiger partial charge in [-0.2, -0.15) is 0 Å². The third kappa shape index (κ3) is 4.78. The highest BCUT2D eigenvalue weighted by Gasteiger charge is 2.72. The van der Waals surface area contributed by atoms with Crippen LogP contribution in [0.2, 0.25) is 0 Å². The Balaban J connectivity index is 1.62. The summed E-state index contributed by atoms with van der Waals surface area (Å²) in [6, 6.07) is 11.0. The lowest BCUT2D eigenvalue weighted by Gasteiger charge is -2.59. The van der Waals surface area contributed by atoms with E-state index in [1.54, 1.807) is 40.7 Å². The maximum atomic E-state index is 14.5. The topological polar surface area (TPSA) is 158 Å². The molecular formula is C37H42O9. The van der Waals surface area contributed by atoms with Gasteiger partial charge in [0.15, 0.2) is 17.2 Å². The fourth-order valence-corrected chi connectivity index (χ4v) is 8.51. The zero-order chi connectivity index (χ0) is 33.9. The van der Waals surface area contributed by atoms with E-state index in [4.69, 9.17) is 4.74 Å². The Hall–Kier alpha value is -4.24. The molecule has 0 spiro atoms. The van der Waals surface area contributed by atoms with Crippen LogP contribution in [0, 0.1) is 22.7 Å². The number of benzene rings is 2. The number of ketones is 3. The molecule has 244 valence electrons. The molecule has 0 radical (unpaired) electrons. The van der Waals surface area contributed by atoms with Gasteiger partial charge in [-0.1, -0.05) is 58.0 Å². The van der Waals surface area contributed by atoms with Gasteiger partial charge in [0.1, 0.15) is 22.8 Å². The molecule has 0 aromatic heterocycles. The summed E-state index contributed by atoms with van der Waals surface area (Å²) in [6.45, 7) is 10.2. The number of carbonyl (C=O) groups is 4. The summed E-state index contributed by atoms with van der Waals surface area (Å²) in [6.07, 6.45) is 1.87. The zero-order valence-electron chi connectivity index (χ0n) is 27.2. The van der Waals surface area contributed by atoms with Crippen LogP contribution in [0.25, 0.3) is 16.9 Å². The first-order chi connectivity index (χ1) is 21.5. The lowest BCUT2D eigenvalue weighted by atomic mass is 9.43. The Kier molecular flexibility index (Phi) is 8.30.